The highest BCUT2D eigenvalue weighted by molar-refractivity contribution is 7.89. The van der Waals surface area contributed by atoms with E-state index < -0.39 is 10.0 Å². The molecule has 3 N–H and O–H groups in total. The van der Waals surface area contributed by atoms with Gasteiger partial charge >= 0.3 is 0 Å². The third kappa shape index (κ3) is 2.84. The Labute approximate surface area is 95.7 Å². The van der Waals surface area contributed by atoms with Crippen molar-refractivity contribution in [3.63, 3.8) is 0 Å². The first-order chi connectivity index (χ1) is 7.68. The number of sulfonamides is 1. The zero-order chi connectivity index (χ0) is 11.4. The molecule has 0 unspecified atom stereocenters. The van der Waals surface area contributed by atoms with Crippen LogP contribution in [0.15, 0.2) is 23.4 Å². The maximum Gasteiger partial charge on any atom is 0.242 e. The molecule has 1 aliphatic rings. The largest absolute Gasteiger partial charge is 0.366 e. The van der Waals surface area contributed by atoms with Crippen LogP contribution in [0, 0.1) is 5.92 Å². The number of rotatable bonds is 4. The van der Waals surface area contributed by atoms with Gasteiger partial charge in [0, 0.05) is 18.9 Å². The van der Waals surface area contributed by atoms with E-state index in [2.05, 4.69) is 15.0 Å². The van der Waals surface area contributed by atoms with E-state index in [9.17, 15) is 8.42 Å². The molecule has 0 spiro atoms. The van der Waals surface area contributed by atoms with Gasteiger partial charge in [0.2, 0.25) is 10.0 Å². The Bertz CT molecular complexity index is 407. The number of nitrogens with one attached hydrogen (secondary N) is 3. The third-order valence-corrected chi connectivity index (χ3v) is 4.32. The lowest BCUT2D eigenvalue weighted by atomic mass is 9.99. The smallest absolute Gasteiger partial charge is 0.242 e. The van der Waals surface area contributed by atoms with Gasteiger partial charge in [-0.1, -0.05) is 0 Å². The van der Waals surface area contributed by atoms with E-state index in [-0.39, 0.29) is 0 Å². The van der Waals surface area contributed by atoms with Crippen LogP contribution in [0.1, 0.15) is 12.8 Å². The van der Waals surface area contributed by atoms with Gasteiger partial charge in [-0.25, -0.2) is 13.1 Å². The van der Waals surface area contributed by atoms with Crippen molar-refractivity contribution < 1.29 is 8.42 Å². The molecule has 6 heteroatoms. The number of aromatic amines is 1. The molecular formula is C10H17N3O2S. The Kier molecular flexibility index (Phi) is 3.63. The van der Waals surface area contributed by atoms with Crippen molar-refractivity contribution in [3.05, 3.63) is 18.5 Å². The Hall–Kier alpha value is -0.850. The van der Waals surface area contributed by atoms with Crippen LogP contribution in [0.4, 0.5) is 0 Å². The standard InChI is InChI=1S/C10H17N3O2S/c14-16(15,10-3-6-12-8-10)13-7-9-1-4-11-5-2-9/h3,6,8-9,11-13H,1-2,4-5,7H2. The second-order valence-electron chi connectivity index (χ2n) is 4.09. The molecule has 5 nitrogen and oxygen atoms in total. The van der Waals surface area contributed by atoms with Gasteiger partial charge in [-0.05, 0) is 37.9 Å². The molecule has 1 aliphatic heterocycles. The maximum absolute atomic E-state index is 11.8. The molecule has 2 rings (SSSR count). The Balaban J connectivity index is 1.89. The summed E-state index contributed by atoms with van der Waals surface area (Å²) >= 11 is 0. The van der Waals surface area contributed by atoms with Gasteiger partial charge in [-0.3, -0.25) is 0 Å². The van der Waals surface area contributed by atoms with Crippen LogP contribution in [0.5, 0.6) is 0 Å². The highest BCUT2D eigenvalue weighted by Crippen LogP contribution is 2.12. The number of hydrogen-bond donors (Lipinski definition) is 3. The number of H-pyrrole nitrogens is 1. The van der Waals surface area contributed by atoms with Crippen molar-refractivity contribution in [1.29, 1.82) is 0 Å². The second kappa shape index (κ2) is 4.99. The molecule has 2 heterocycles. The van der Waals surface area contributed by atoms with E-state index in [4.69, 9.17) is 0 Å². The van der Waals surface area contributed by atoms with Crippen LogP contribution in [0.2, 0.25) is 0 Å². The average Bonchev–Trinajstić information content (AvgIpc) is 2.82. The van der Waals surface area contributed by atoms with Crippen LogP contribution >= 0.6 is 0 Å². The Morgan fingerprint density at radius 3 is 2.75 bits per heavy atom. The van der Waals surface area contributed by atoms with Crippen molar-refractivity contribution in [2.45, 2.75) is 17.7 Å². The molecular weight excluding hydrogens is 226 g/mol. The minimum atomic E-state index is -3.32. The van der Waals surface area contributed by atoms with Gasteiger partial charge < -0.3 is 10.3 Å². The van der Waals surface area contributed by atoms with E-state index >= 15 is 0 Å². The molecule has 1 fully saturated rings. The molecule has 0 bridgehead atoms. The molecule has 1 saturated heterocycles. The van der Waals surface area contributed by atoms with Gasteiger partial charge in [-0.15, -0.1) is 0 Å². The first-order valence-corrected chi connectivity index (χ1v) is 7.00. The fourth-order valence-corrected chi connectivity index (χ4v) is 2.96. The summed E-state index contributed by atoms with van der Waals surface area (Å²) in [4.78, 5) is 3.05. The summed E-state index contributed by atoms with van der Waals surface area (Å²) in [6.07, 6.45) is 5.18. The quantitative estimate of drug-likeness (QED) is 0.711. The summed E-state index contributed by atoms with van der Waals surface area (Å²) in [6, 6.07) is 1.56. The van der Waals surface area contributed by atoms with E-state index in [1.807, 2.05) is 0 Å². The van der Waals surface area contributed by atoms with Crippen LogP contribution < -0.4 is 10.0 Å². The fourth-order valence-electron chi connectivity index (χ4n) is 1.87. The van der Waals surface area contributed by atoms with Crippen molar-refractivity contribution in [1.82, 2.24) is 15.0 Å². The Morgan fingerprint density at radius 1 is 1.38 bits per heavy atom. The number of hydrogen-bond acceptors (Lipinski definition) is 3. The van der Waals surface area contributed by atoms with Gasteiger partial charge in [0.05, 0.1) is 4.90 Å². The normalized spacial score (nSPS) is 18.8. The van der Waals surface area contributed by atoms with Crippen molar-refractivity contribution in [3.8, 4) is 0 Å². The first-order valence-electron chi connectivity index (χ1n) is 5.52. The molecule has 0 aliphatic carbocycles. The van der Waals surface area contributed by atoms with Gasteiger partial charge in [0.25, 0.3) is 0 Å². The molecule has 0 aromatic carbocycles. The van der Waals surface area contributed by atoms with Gasteiger partial charge in [-0.2, -0.15) is 0 Å². The van der Waals surface area contributed by atoms with Gasteiger partial charge in [0.15, 0.2) is 0 Å². The zero-order valence-corrected chi connectivity index (χ0v) is 9.89. The molecule has 0 amide bonds. The predicted molar refractivity (Wildman–Crippen MR) is 61.6 cm³/mol. The summed E-state index contributed by atoms with van der Waals surface area (Å²) in [5.41, 5.74) is 0. The molecule has 16 heavy (non-hydrogen) atoms. The molecule has 0 radical (unpaired) electrons. The Morgan fingerprint density at radius 2 is 2.12 bits per heavy atom. The zero-order valence-electron chi connectivity index (χ0n) is 9.07. The van der Waals surface area contributed by atoms with Crippen LogP contribution in [-0.2, 0) is 10.0 Å². The fraction of sp³-hybridized carbons (Fsp3) is 0.600. The predicted octanol–water partition coefficient (Wildman–Crippen LogP) is 0.293. The molecule has 90 valence electrons. The number of piperidine rings is 1. The molecule has 0 atom stereocenters. The summed E-state index contributed by atoms with van der Waals surface area (Å²) < 4.78 is 26.2. The molecule has 1 aromatic heterocycles. The first kappa shape index (κ1) is 11.6. The minimum Gasteiger partial charge on any atom is -0.366 e. The van der Waals surface area contributed by atoms with Crippen LogP contribution in [0.3, 0.4) is 0 Å². The average molecular weight is 243 g/mol. The summed E-state index contributed by atoms with van der Waals surface area (Å²) in [5, 5.41) is 3.26. The summed E-state index contributed by atoms with van der Waals surface area (Å²) in [5.74, 6) is 0.454. The van der Waals surface area contributed by atoms with Crippen LogP contribution in [0.25, 0.3) is 0 Å². The number of aromatic nitrogens is 1. The van der Waals surface area contributed by atoms with E-state index in [0.29, 0.717) is 17.4 Å². The highest BCUT2D eigenvalue weighted by Gasteiger charge is 2.18. The minimum absolute atomic E-state index is 0.307. The third-order valence-electron chi connectivity index (χ3n) is 2.90. The molecule has 1 aromatic rings. The van der Waals surface area contributed by atoms with Crippen LogP contribution in [-0.4, -0.2) is 33.0 Å². The van der Waals surface area contributed by atoms with E-state index in [0.717, 1.165) is 25.9 Å². The van der Waals surface area contributed by atoms with Crippen molar-refractivity contribution >= 4 is 10.0 Å². The SMILES string of the molecule is O=S(=O)(NCC1CCNCC1)c1cc[nH]c1. The summed E-state index contributed by atoms with van der Waals surface area (Å²) in [7, 11) is -3.32. The van der Waals surface area contributed by atoms with E-state index in [1.54, 1.807) is 12.3 Å². The van der Waals surface area contributed by atoms with E-state index in [1.165, 1.54) is 6.20 Å². The van der Waals surface area contributed by atoms with Gasteiger partial charge in [0.1, 0.15) is 0 Å². The maximum atomic E-state index is 11.8. The van der Waals surface area contributed by atoms with Crippen molar-refractivity contribution in [2.24, 2.45) is 5.92 Å². The highest BCUT2D eigenvalue weighted by atomic mass is 32.2. The lowest BCUT2D eigenvalue weighted by molar-refractivity contribution is 0.372. The van der Waals surface area contributed by atoms with Crippen molar-refractivity contribution in [2.75, 3.05) is 19.6 Å². The second-order valence-corrected chi connectivity index (χ2v) is 5.86. The topological polar surface area (TPSA) is 74.0 Å². The lowest BCUT2D eigenvalue weighted by Gasteiger charge is -2.22. The lowest BCUT2D eigenvalue weighted by Crippen LogP contribution is -2.35. The molecule has 0 saturated carbocycles. The summed E-state index contributed by atoms with van der Waals surface area (Å²) in [6.45, 7) is 2.50. The monoisotopic (exact) mass is 243 g/mol.